The van der Waals surface area contributed by atoms with Gasteiger partial charge in [0.2, 0.25) is 12.2 Å². The van der Waals surface area contributed by atoms with Crippen LogP contribution in [0.3, 0.4) is 0 Å². The van der Waals surface area contributed by atoms with E-state index >= 15 is 0 Å². The van der Waals surface area contributed by atoms with Crippen LogP contribution in [0.1, 0.15) is 37.1 Å². The largest absolute Gasteiger partial charge is 0.465 e. The Balaban J connectivity index is -0.0000000135. The maximum Gasteiger partial charge on any atom is 0.412 e. The second kappa shape index (κ2) is 62.5. The molecule has 9 heteroatoms. The first-order valence-corrected chi connectivity index (χ1v) is 2.33. The van der Waals surface area contributed by atoms with E-state index in [1.165, 1.54) is 5.32 Å². The lowest BCUT2D eigenvalue weighted by atomic mass is 11.0. The molecule has 0 rings (SSSR count). The lowest BCUT2D eigenvalue weighted by molar-refractivity contribution is 0.193. The van der Waals surface area contributed by atoms with Gasteiger partial charge in [-0.3, -0.25) is 0 Å². The number of carboxylic acid groups (broad SMARTS) is 1. The Morgan fingerprint density at radius 2 is 1.11 bits per heavy atom. The van der Waals surface area contributed by atoms with Crippen LogP contribution >= 0.6 is 0 Å². The number of nitrogens with two attached hydrogens (primary N) is 1. The lowest BCUT2D eigenvalue weighted by Crippen LogP contribution is -2.33. The smallest absolute Gasteiger partial charge is 0.412 e. The molecule has 0 aromatic rings. The quantitative estimate of drug-likeness (QED) is 0.334. The van der Waals surface area contributed by atoms with Gasteiger partial charge < -0.3 is 10.8 Å². The third kappa shape index (κ3) is 938. The molecule has 0 radical (unpaired) electrons. The van der Waals surface area contributed by atoms with Gasteiger partial charge in [-0.15, -0.1) is 0 Å². The van der Waals surface area contributed by atoms with E-state index in [1.807, 2.05) is 0 Å². The predicted octanol–water partition coefficient (Wildman–Crippen LogP) is 2.32. The van der Waals surface area contributed by atoms with Gasteiger partial charge in [-0.05, 0) is 0 Å². The number of hydrogen-bond donors (Lipinski definition) is 5. The zero-order valence-corrected chi connectivity index (χ0v) is 6.16. The molecule has 0 unspecified atom stereocenters. The molecule has 0 aromatic carbocycles. The number of hydrogen-bond acceptors (Lipinski definition) is 6. The minimum absolute atomic E-state index is 0. The summed E-state index contributed by atoms with van der Waals surface area (Å²) >= 11 is 0. The van der Waals surface area contributed by atoms with Crippen molar-refractivity contribution in [3.05, 3.63) is 0 Å². The monoisotopic (exact) mass is 270 g/mol. The highest BCUT2D eigenvalue weighted by atomic mass is 16.4. The Morgan fingerprint density at radius 3 is 1.11 bits per heavy atom. The van der Waals surface area contributed by atoms with Crippen LogP contribution in [0.15, 0.2) is 0 Å². The van der Waals surface area contributed by atoms with Crippen LogP contribution in [0.25, 0.3) is 0 Å². The first-order valence-electron chi connectivity index (χ1n) is 2.33. The predicted molar refractivity (Wildman–Crippen MR) is 71.2 cm³/mol. The van der Waals surface area contributed by atoms with E-state index in [4.69, 9.17) is 25.5 Å². The molecule has 0 spiro atoms. The zero-order chi connectivity index (χ0) is 11.3. The van der Waals surface area contributed by atoms with Gasteiger partial charge in [0.1, 0.15) is 0 Å². The molecule has 0 aromatic heterocycles. The van der Waals surface area contributed by atoms with Crippen LogP contribution in [0.5, 0.6) is 0 Å². The summed E-state index contributed by atoms with van der Waals surface area (Å²) in [5.74, 6) is 0. The van der Waals surface area contributed by atoms with Gasteiger partial charge in [0.15, 0.2) is 0 Å². The summed E-state index contributed by atoms with van der Waals surface area (Å²) in [6, 6.07) is -1.06. The van der Waals surface area contributed by atoms with Crippen LogP contribution in [0, 0.1) is 10.8 Å². The van der Waals surface area contributed by atoms with E-state index < -0.39 is 12.1 Å². The van der Waals surface area contributed by atoms with Crippen molar-refractivity contribution in [2.24, 2.45) is 5.73 Å². The molecule has 112 valence electrons. The fraction of sp³-hybridized carbons (Fsp3) is 0.556. The van der Waals surface area contributed by atoms with Crippen LogP contribution in [0.4, 0.5) is 9.59 Å². The number of amides is 3. The fourth-order valence-electron chi connectivity index (χ4n) is 0.105. The summed E-state index contributed by atoms with van der Waals surface area (Å²) in [4.78, 5) is 35.6. The third-order valence-electron chi connectivity index (χ3n) is 0.230. The van der Waals surface area contributed by atoms with Gasteiger partial charge in [-0.1, -0.05) is 37.1 Å². The molecule has 0 fully saturated rings. The van der Waals surface area contributed by atoms with E-state index in [-0.39, 0.29) is 37.1 Å². The van der Waals surface area contributed by atoms with Gasteiger partial charge in [0.05, 0.1) is 0 Å². The first-order chi connectivity index (χ1) is 5.95. The average molecular weight is 270 g/mol. The van der Waals surface area contributed by atoms with Crippen molar-refractivity contribution in [2.45, 2.75) is 37.1 Å². The Morgan fingerprint density at radius 1 is 0.944 bits per heavy atom. The number of primary amides is 1. The zero-order valence-electron chi connectivity index (χ0n) is 6.16. The highest BCUT2D eigenvalue weighted by Gasteiger charge is 1.94. The molecule has 0 aliphatic carbocycles. The molecular formula is C9H26N4O5. The second-order valence-corrected chi connectivity index (χ2v) is 0.999. The molecule has 0 saturated heterocycles. The van der Waals surface area contributed by atoms with Crippen molar-refractivity contribution in [1.29, 1.82) is 10.8 Å². The van der Waals surface area contributed by atoms with E-state index in [0.717, 1.165) is 12.2 Å². The molecule has 0 atom stereocenters. The maximum atomic E-state index is 9.54. The number of nitrogens with one attached hydrogen (secondary N) is 3. The van der Waals surface area contributed by atoms with Crippen molar-refractivity contribution >= 4 is 24.3 Å². The van der Waals surface area contributed by atoms with Crippen molar-refractivity contribution in [3.63, 3.8) is 0 Å². The molecule has 3 amide bonds. The van der Waals surface area contributed by atoms with Gasteiger partial charge >= 0.3 is 12.1 Å². The molecule has 18 heavy (non-hydrogen) atoms. The van der Waals surface area contributed by atoms with E-state index in [0.29, 0.717) is 0 Å². The van der Waals surface area contributed by atoms with Gasteiger partial charge in [0, 0.05) is 0 Å². The number of isocyanates is 2. The fourth-order valence-corrected chi connectivity index (χ4v) is 0.105. The molecule has 0 aliphatic rings. The van der Waals surface area contributed by atoms with E-state index in [2.05, 4.69) is 5.73 Å². The molecule has 0 saturated carbocycles. The van der Waals surface area contributed by atoms with Crippen molar-refractivity contribution in [2.75, 3.05) is 0 Å². The second-order valence-electron chi connectivity index (χ2n) is 0.999. The van der Waals surface area contributed by atoms with Crippen LogP contribution < -0.4 is 11.1 Å². The standard InChI is InChI=1S/C2H4N2O3.2CHNO.5CH4/c3-1(5)4-2(6)7;2*2-1-3;;;;;/h(H,6,7)(H3,3,4,5);2*2H;5*1H4. The lowest BCUT2D eigenvalue weighted by Gasteiger charge is -1.86. The molecular weight excluding hydrogens is 244 g/mol. The SMILES string of the molecule is C.C.C.C.C.N=C=O.N=C=O.NC(=O)NC(=O)O. The normalized spacial score (nSPS) is 3.78. The van der Waals surface area contributed by atoms with Crippen LogP contribution in [-0.4, -0.2) is 29.4 Å². The average Bonchev–Trinajstić information content (AvgIpc) is 1.86. The highest BCUT2D eigenvalue weighted by Crippen LogP contribution is 1.55. The molecule has 6 N–H and O–H groups in total. The number of imide groups is 1. The summed E-state index contributed by atoms with van der Waals surface area (Å²) in [6.45, 7) is 0. The maximum absolute atomic E-state index is 9.54. The summed E-state index contributed by atoms with van der Waals surface area (Å²) < 4.78 is 0. The van der Waals surface area contributed by atoms with Crippen molar-refractivity contribution in [1.82, 2.24) is 5.32 Å². The summed E-state index contributed by atoms with van der Waals surface area (Å²) in [5.41, 5.74) is 4.36. The Hall–Kier alpha value is -2.50. The summed E-state index contributed by atoms with van der Waals surface area (Å²) in [6.07, 6.45) is 0.0625. The molecule has 0 bridgehead atoms. The third-order valence-corrected chi connectivity index (χ3v) is 0.230. The van der Waals surface area contributed by atoms with Crippen molar-refractivity contribution in [3.8, 4) is 0 Å². The van der Waals surface area contributed by atoms with Gasteiger partial charge in [-0.25, -0.2) is 35.3 Å². The minimum atomic E-state index is -1.44. The highest BCUT2D eigenvalue weighted by molar-refractivity contribution is 5.88. The van der Waals surface area contributed by atoms with E-state index in [9.17, 15) is 9.59 Å². The van der Waals surface area contributed by atoms with Crippen LogP contribution in [0.2, 0.25) is 0 Å². The minimum Gasteiger partial charge on any atom is -0.465 e. The van der Waals surface area contributed by atoms with Crippen molar-refractivity contribution < 1.29 is 24.3 Å². The van der Waals surface area contributed by atoms with Gasteiger partial charge in [-0.2, -0.15) is 0 Å². The Kier molecular flexibility index (Phi) is 201. The summed E-state index contributed by atoms with van der Waals surface area (Å²) in [7, 11) is 0. The number of urea groups is 1. The van der Waals surface area contributed by atoms with Crippen LogP contribution in [-0.2, 0) is 9.59 Å². The van der Waals surface area contributed by atoms with Gasteiger partial charge in [0.25, 0.3) is 0 Å². The molecule has 0 heterocycles. The summed E-state index contributed by atoms with van der Waals surface area (Å²) in [5, 5.41) is 19.8. The number of rotatable bonds is 0. The molecule has 9 nitrogen and oxygen atoms in total. The number of carbonyl (C=O) groups is 2. The topological polar surface area (TPSA) is 174 Å². The Labute approximate surface area is 108 Å². The molecule has 0 aliphatic heterocycles. The Bertz CT molecular complexity index is 207. The first kappa shape index (κ1) is 57.9. The number of carbonyl (C=O) groups excluding carboxylic acids is 3. The van der Waals surface area contributed by atoms with E-state index in [1.54, 1.807) is 0 Å².